The molecule has 2 aromatic carbocycles. The van der Waals surface area contributed by atoms with Gasteiger partial charge in [-0.2, -0.15) is 9.94 Å². The number of carbonyl (C=O) groups is 1. The zero-order valence-electron chi connectivity index (χ0n) is 12.7. The van der Waals surface area contributed by atoms with E-state index in [9.17, 15) is 10.1 Å². The smallest absolute Gasteiger partial charge is 0.187 e. The zero-order valence-corrected chi connectivity index (χ0v) is 13.5. The number of hydrogen-bond donors (Lipinski definition) is 0. The maximum atomic E-state index is 12.6. The molecular formula is C17H12ClN5O. The van der Waals surface area contributed by atoms with Gasteiger partial charge in [0.2, 0.25) is 0 Å². The van der Waals surface area contributed by atoms with Crippen molar-refractivity contribution in [1.82, 2.24) is 20.2 Å². The first-order valence-corrected chi connectivity index (χ1v) is 7.52. The van der Waals surface area contributed by atoms with Gasteiger partial charge in [-0.25, -0.2) is 0 Å². The van der Waals surface area contributed by atoms with Crippen molar-refractivity contribution < 1.29 is 4.79 Å². The second-order valence-corrected chi connectivity index (χ2v) is 5.65. The van der Waals surface area contributed by atoms with Crippen molar-refractivity contribution in [3.63, 3.8) is 0 Å². The van der Waals surface area contributed by atoms with E-state index < -0.39 is 5.92 Å². The Hall–Kier alpha value is -3.04. The van der Waals surface area contributed by atoms with Gasteiger partial charge >= 0.3 is 0 Å². The lowest BCUT2D eigenvalue weighted by Gasteiger charge is -2.09. The van der Waals surface area contributed by atoms with Gasteiger partial charge in [-0.3, -0.25) is 4.79 Å². The highest BCUT2D eigenvalue weighted by molar-refractivity contribution is 6.30. The van der Waals surface area contributed by atoms with Gasteiger partial charge in [0.05, 0.1) is 11.8 Å². The lowest BCUT2D eigenvalue weighted by Crippen LogP contribution is -2.16. The van der Waals surface area contributed by atoms with Crippen LogP contribution < -0.4 is 0 Å². The molecule has 0 radical (unpaired) electrons. The molecule has 0 aliphatic carbocycles. The average Bonchev–Trinajstić information content (AvgIpc) is 3.06. The molecule has 118 valence electrons. The Labute approximate surface area is 143 Å². The minimum absolute atomic E-state index is 0.182. The summed E-state index contributed by atoms with van der Waals surface area (Å²) in [6.45, 7) is 1.96. The summed E-state index contributed by atoms with van der Waals surface area (Å²) in [6.07, 6.45) is 0. The monoisotopic (exact) mass is 337 g/mol. The normalized spacial score (nSPS) is 11.7. The van der Waals surface area contributed by atoms with Gasteiger partial charge in [0, 0.05) is 10.6 Å². The van der Waals surface area contributed by atoms with E-state index in [0.29, 0.717) is 16.3 Å². The highest BCUT2D eigenvalue weighted by Gasteiger charge is 2.28. The molecule has 3 rings (SSSR count). The molecule has 0 fully saturated rings. The van der Waals surface area contributed by atoms with E-state index >= 15 is 0 Å². The molecule has 0 spiro atoms. The molecule has 0 unspecified atom stereocenters. The van der Waals surface area contributed by atoms with Crippen LogP contribution in [0.15, 0.2) is 48.5 Å². The molecule has 0 bridgehead atoms. The number of halogens is 1. The summed E-state index contributed by atoms with van der Waals surface area (Å²) in [7, 11) is 0. The number of rotatable bonds is 4. The third kappa shape index (κ3) is 3.03. The topological polar surface area (TPSA) is 84.5 Å². The first-order valence-electron chi connectivity index (χ1n) is 7.15. The Bertz CT molecular complexity index is 909. The Morgan fingerprint density at radius 2 is 1.83 bits per heavy atom. The number of nitrogens with zero attached hydrogens (tertiary/aromatic N) is 5. The fourth-order valence-corrected chi connectivity index (χ4v) is 2.38. The van der Waals surface area contributed by atoms with E-state index in [2.05, 4.69) is 15.5 Å². The van der Waals surface area contributed by atoms with Crippen LogP contribution in [0.5, 0.6) is 0 Å². The van der Waals surface area contributed by atoms with Crippen LogP contribution in [0, 0.1) is 18.3 Å². The van der Waals surface area contributed by atoms with Crippen LogP contribution >= 0.6 is 11.6 Å². The van der Waals surface area contributed by atoms with Gasteiger partial charge in [0.1, 0.15) is 0 Å². The van der Waals surface area contributed by atoms with Crippen LogP contribution in [-0.4, -0.2) is 26.0 Å². The number of carbonyl (C=O) groups excluding carboxylic acids is 1. The zero-order chi connectivity index (χ0) is 17.1. The van der Waals surface area contributed by atoms with Crippen LogP contribution in [0.2, 0.25) is 5.02 Å². The summed E-state index contributed by atoms with van der Waals surface area (Å²) in [5, 5.41) is 21.4. The molecule has 1 aromatic heterocycles. The van der Waals surface area contributed by atoms with Gasteiger partial charge in [-0.05, 0) is 53.7 Å². The molecule has 6 nitrogen and oxygen atoms in total. The molecule has 24 heavy (non-hydrogen) atoms. The standard InChI is InChI=1S/C17H12ClN5O/c1-11-2-8-14(9-3-11)23-17(20-21-22-23)15(10-19)16(24)12-4-6-13(18)7-5-12/h2-9,15H,1H3/t15-/m1/s1. The summed E-state index contributed by atoms with van der Waals surface area (Å²) < 4.78 is 1.40. The first kappa shape index (κ1) is 15.8. The van der Waals surface area contributed by atoms with Crippen molar-refractivity contribution in [2.75, 3.05) is 0 Å². The summed E-state index contributed by atoms with van der Waals surface area (Å²) >= 11 is 5.83. The fourth-order valence-electron chi connectivity index (χ4n) is 2.26. The maximum Gasteiger partial charge on any atom is 0.187 e. The van der Waals surface area contributed by atoms with E-state index in [1.165, 1.54) is 4.68 Å². The maximum absolute atomic E-state index is 12.6. The van der Waals surface area contributed by atoms with E-state index in [-0.39, 0.29) is 11.6 Å². The molecule has 0 saturated carbocycles. The lowest BCUT2D eigenvalue weighted by atomic mass is 9.98. The second-order valence-electron chi connectivity index (χ2n) is 5.22. The van der Waals surface area contributed by atoms with Crippen LogP contribution in [-0.2, 0) is 0 Å². The van der Waals surface area contributed by atoms with Crippen molar-refractivity contribution in [2.24, 2.45) is 0 Å². The van der Waals surface area contributed by atoms with Gasteiger partial charge in [-0.1, -0.05) is 29.3 Å². The molecule has 0 aliphatic heterocycles. The number of aryl methyl sites for hydroxylation is 1. The van der Waals surface area contributed by atoms with Crippen molar-refractivity contribution in [3.8, 4) is 11.8 Å². The van der Waals surface area contributed by atoms with Crippen LogP contribution in [0.25, 0.3) is 5.69 Å². The van der Waals surface area contributed by atoms with Crippen molar-refractivity contribution in [2.45, 2.75) is 12.8 Å². The number of Topliss-reactive ketones (excluding diaryl/α,β-unsaturated/α-hetero) is 1. The van der Waals surface area contributed by atoms with Gasteiger partial charge in [0.25, 0.3) is 0 Å². The lowest BCUT2D eigenvalue weighted by molar-refractivity contribution is 0.0975. The second kappa shape index (κ2) is 6.60. The van der Waals surface area contributed by atoms with Crippen molar-refractivity contribution in [1.29, 1.82) is 5.26 Å². The fraction of sp³-hybridized carbons (Fsp3) is 0.118. The molecule has 1 atom stereocenters. The molecule has 0 aliphatic rings. The van der Waals surface area contributed by atoms with Crippen LogP contribution in [0.1, 0.15) is 27.7 Å². The van der Waals surface area contributed by atoms with E-state index in [4.69, 9.17) is 11.6 Å². The highest BCUT2D eigenvalue weighted by Crippen LogP contribution is 2.22. The number of ketones is 1. The number of benzene rings is 2. The quantitative estimate of drug-likeness (QED) is 0.683. The van der Waals surface area contributed by atoms with Crippen molar-refractivity contribution >= 4 is 17.4 Å². The Morgan fingerprint density at radius 3 is 2.46 bits per heavy atom. The Kier molecular flexibility index (Phi) is 4.36. The van der Waals surface area contributed by atoms with Crippen LogP contribution in [0.4, 0.5) is 0 Å². The summed E-state index contributed by atoms with van der Waals surface area (Å²) in [6, 6.07) is 15.8. The van der Waals surface area contributed by atoms with E-state index in [1.54, 1.807) is 24.3 Å². The number of hydrogen-bond acceptors (Lipinski definition) is 5. The number of aromatic nitrogens is 4. The predicted octanol–water partition coefficient (Wildman–Crippen LogP) is 3.11. The summed E-state index contributed by atoms with van der Waals surface area (Å²) in [5.74, 6) is -1.30. The third-order valence-electron chi connectivity index (χ3n) is 3.55. The minimum atomic E-state index is -1.11. The third-order valence-corrected chi connectivity index (χ3v) is 3.80. The molecule has 0 saturated heterocycles. The largest absolute Gasteiger partial charge is 0.292 e. The number of tetrazole rings is 1. The van der Waals surface area contributed by atoms with Crippen LogP contribution in [0.3, 0.4) is 0 Å². The Morgan fingerprint density at radius 1 is 1.17 bits per heavy atom. The SMILES string of the molecule is Cc1ccc(-n2nnnc2[C@H](C#N)C(=O)c2ccc(Cl)cc2)cc1. The first-order chi connectivity index (χ1) is 11.6. The van der Waals surface area contributed by atoms with Gasteiger partial charge in [0.15, 0.2) is 17.5 Å². The molecule has 0 amide bonds. The predicted molar refractivity (Wildman–Crippen MR) is 88.0 cm³/mol. The number of nitriles is 1. The molecule has 7 heteroatoms. The molecule has 0 N–H and O–H groups in total. The average molecular weight is 338 g/mol. The summed E-state index contributed by atoms with van der Waals surface area (Å²) in [5.41, 5.74) is 2.15. The van der Waals surface area contributed by atoms with Gasteiger partial charge in [-0.15, -0.1) is 5.10 Å². The Balaban J connectivity index is 1.99. The van der Waals surface area contributed by atoms with Gasteiger partial charge < -0.3 is 0 Å². The van der Waals surface area contributed by atoms with E-state index in [1.807, 2.05) is 37.3 Å². The highest BCUT2D eigenvalue weighted by atomic mass is 35.5. The molecule has 1 heterocycles. The molecule has 3 aromatic rings. The minimum Gasteiger partial charge on any atom is -0.292 e. The molecular weight excluding hydrogens is 326 g/mol. The van der Waals surface area contributed by atoms with E-state index in [0.717, 1.165) is 5.56 Å². The van der Waals surface area contributed by atoms with Crippen molar-refractivity contribution in [3.05, 3.63) is 70.5 Å². The summed E-state index contributed by atoms with van der Waals surface area (Å²) in [4.78, 5) is 12.6.